The molecule has 122 valence electrons. The van der Waals surface area contributed by atoms with E-state index in [1.54, 1.807) is 42.5 Å². The maximum Gasteiger partial charge on any atom is 0.420 e. The predicted octanol–water partition coefficient (Wildman–Crippen LogP) is 2.64. The van der Waals surface area contributed by atoms with E-state index in [9.17, 15) is 14.7 Å². The molecule has 24 heavy (non-hydrogen) atoms. The number of esters is 1. The highest BCUT2D eigenvalue weighted by Crippen LogP contribution is 2.21. The Labute approximate surface area is 137 Å². The number of carbonyl (C=O) groups excluding carboxylic acids is 1. The van der Waals surface area contributed by atoms with E-state index >= 15 is 0 Å². The van der Waals surface area contributed by atoms with Gasteiger partial charge in [0, 0.05) is 5.56 Å². The lowest BCUT2D eigenvalue weighted by Crippen LogP contribution is -2.20. The zero-order valence-corrected chi connectivity index (χ0v) is 12.9. The molecule has 2 aromatic carbocycles. The molecular weight excluding hydrogens is 310 g/mol. The lowest BCUT2D eigenvalue weighted by molar-refractivity contribution is -0.141. The van der Waals surface area contributed by atoms with Crippen molar-refractivity contribution in [2.75, 3.05) is 7.11 Å². The fourth-order valence-electron chi connectivity index (χ4n) is 2.35. The molecule has 0 unspecified atom stereocenters. The fourth-order valence-corrected chi connectivity index (χ4v) is 2.35. The van der Waals surface area contributed by atoms with Crippen molar-refractivity contribution < 1.29 is 19.1 Å². The van der Waals surface area contributed by atoms with Crippen molar-refractivity contribution in [3.63, 3.8) is 0 Å². The summed E-state index contributed by atoms with van der Waals surface area (Å²) >= 11 is 0. The van der Waals surface area contributed by atoms with Crippen molar-refractivity contribution in [3.8, 4) is 5.75 Å². The number of fused-ring (bicyclic) bond motifs is 1. The molecule has 0 aliphatic carbocycles. The second-order valence-corrected chi connectivity index (χ2v) is 5.15. The summed E-state index contributed by atoms with van der Waals surface area (Å²) in [4.78, 5) is 23.4. The number of ether oxygens (including phenoxy) is 1. The number of aromatic nitrogens is 1. The van der Waals surface area contributed by atoms with E-state index in [-0.39, 0.29) is 12.3 Å². The number of phenolic OH excluding ortho intramolecular Hbond substituents is 1. The van der Waals surface area contributed by atoms with E-state index < -0.39 is 11.7 Å². The predicted molar refractivity (Wildman–Crippen MR) is 89.5 cm³/mol. The number of nitrogens with zero attached hydrogens (tertiary/aromatic N) is 1. The Morgan fingerprint density at radius 3 is 2.67 bits per heavy atom. The van der Waals surface area contributed by atoms with Crippen LogP contribution in [0.1, 0.15) is 11.1 Å². The normalized spacial score (nSPS) is 11.2. The van der Waals surface area contributed by atoms with Crippen LogP contribution in [0, 0.1) is 0 Å². The number of phenols is 1. The van der Waals surface area contributed by atoms with Gasteiger partial charge in [-0.25, -0.2) is 4.79 Å². The number of hydrogen-bond donors (Lipinski definition) is 1. The molecule has 0 amide bonds. The minimum atomic E-state index is -0.610. The van der Waals surface area contributed by atoms with Crippen LogP contribution in [0.15, 0.2) is 51.7 Å². The highest BCUT2D eigenvalue weighted by molar-refractivity contribution is 5.87. The zero-order valence-electron chi connectivity index (χ0n) is 12.9. The first-order valence-electron chi connectivity index (χ1n) is 7.25. The van der Waals surface area contributed by atoms with Crippen LogP contribution in [0.25, 0.3) is 23.3 Å². The third kappa shape index (κ3) is 3.08. The first kappa shape index (κ1) is 15.6. The summed E-state index contributed by atoms with van der Waals surface area (Å²) in [7, 11) is 1.27. The number of hydrogen-bond acceptors (Lipinski definition) is 5. The number of benzene rings is 2. The summed E-state index contributed by atoms with van der Waals surface area (Å²) in [5, 5.41) is 9.29. The van der Waals surface area contributed by atoms with Gasteiger partial charge in [-0.1, -0.05) is 36.4 Å². The van der Waals surface area contributed by atoms with Crippen LogP contribution in [0.2, 0.25) is 0 Å². The van der Waals surface area contributed by atoms with Crippen LogP contribution in [0.5, 0.6) is 5.75 Å². The van der Waals surface area contributed by atoms with Gasteiger partial charge in [-0.3, -0.25) is 9.36 Å². The van der Waals surface area contributed by atoms with Gasteiger partial charge in [-0.15, -0.1) is 0 Å². The van der Waals surface area contributed by atoms with Crippen LogP contribution in [-0.2, 0) is 16.1 Å². The molecule has 6 heteroatoms. The fraction of sp³-hybridized carbons (Fsp3) is 0.111. The van der Waals surface area contributed by atoms with Crippen LogP contribution in [0.4, 0.5) is 0 Å². The number of rotatable bonds is 4. The summed E-state index contributed by atoms with van der Waals surface area (Å²) in [6, 6.07) is 12.0. The smallest absolute Gasteiger partial charge is 0.420 e. The highest BCUT2D eigenvalue weighted by atomic mass is 16.5. The Morgan fingerprint density at radius 1 is 1.21 bits per heavy atom. The van der Waals surface area contributed by atoms with Crippen LogP contribution >= 0.6 is 0 Å². The summed E-state index contributed by atoms with van der Waals surface area (Å²) in [5.74, 6) is -0.939. The average molecular weight is 325 g/mol. The molecule has 0 fully saturated rings. The van der Waals surface area contributed by atoms with E-state index in [4.69, 9.17) is 4.42 Å². The van der Waals surface area contributed by atoms with Crippen molar-refractivity contribution in [2.24, 2.45) is 0 Å². The van der Waals surface area contributed by atoms with Gasteiger partial charge in [0.1, 0.15) is 12.3 Å². The minimum Gasteiger partial charge on any atom is -0.508 e. The van der Waals surface area contributed by atoms with Crippen LogP contribution < -0.4 is 5.76 Å². The number of aromatic hydroxyl groups is 1. The summed E-state index contributed by atoms with van der Waals surface area (Å²) in [5.41, 5.74) is 2.53. The SMILES string of the molecule is COC(=O)Cn1c(=O)oc2c(/C=C/c3ccc(O)cc3)cccc21. The van der Waals surface area contributed by atoms with E-state index in [1.807, 2.05) is 12.1 Å². The molecule has 0 radical (unpaired) electrons. The van der Waals surface area contributed by atoms with Crippen molar-refractivity contribution in [1.82, 2.24) is 4.57 Å². The Balaban J connectivity index is 2.00. The van der Waals surface area contributed by atoms with E-state index in [2.05, 4.69) is 4.74 Å². The molecule has 6 nitrogen and oxygen atoms in total. The molecule has 0 saturated carbocycles. The first-order valence-corrected chi connectivity index (χ1v) is 7.25. The van der Waals surface area contributed by atoms with Gasteiger partial charge in [0.2, 0.25) is 0 Å². The van der Waals surface area contributed by atoms with Crippen molar-refractivity contribution in [2.45, 2.75) is 6.54 Å². The van der Waals surface area contributed by atoms with Crippen molar-refractivity contribution in [3.05, 3.63) is 64.1 Å². The monoisotopic (exact) mass is 325 g/mol. The molecule has 1 N–H and O–H groups in total. The molecule has 0 aliphatic heterocycles. The van der Waals surface area contributed by atoms with Gasteiger partial charge in [0.25, 0.3) is 0 Å². The zero-order chi connectivity index (χ0) is 17.1. The standard InChI is InChI=1S/C18H15NO5/c1-23-16(21)11-19-15-4-2-3-13(17(15)24-18(19)22)8-5-12-6-9-14(20)10-7-12/h2-10,20H,11H2,1H3/b8-5+. The first-order chi connectivity index (χ1) is 11.6. The summed E-state index contributed by atoms with van der Waals surface area (Å²) in [6.07, 6.45) is 3.64. The molecule has 3 aromatic rings. The van der Waals surface area contributed by atoms with Gasteiger partial charge in [-0.05, 0) is 23.8 Å². The lowest BCUT2D eigenvalue weighted by atomic mass is 10.1. The average Bonchev–Trinajstić information content (AvgIpc) is 2.90. The lowest BCUT2D eigenvalue weighted by Gasteiger charge is -2.01. The topological polar surface area (TPSA) is 81.7 Å². The molecule has 1 aromatic heterocycles. The molecule has 0 bridgehead atoms. The maximum atomic E-state index is 12.0. The van der Waals surface area contributed by atoms with Gasteiger partial charge in [-0.2, -0.15) is 0 Å². The van der Waals surface area contributed by atoms with Crippen LogP contribution in [0.3, 0.4) is 0 Å². The van der Waals surface area contributed by atoms with Crippen molar-refractivity contribution >= 4 is 29.2 Å². The molecule has 0 atom stereocenters. The third-order valence-electron chi connectivity index (χ3n) is 3.59. The molecule has 0 saturated heterocycles. The van der Waals surface area contributed by atoms with Crippen LogP contribution in [-0.4, -0.2) is 22.8 Å². The summed E-state index contributed by atoms with van der Waals surface area (Å²) in [6.45, 7) is -0.201. The summed E-state index contributed by atoms with van der Waals surface area (Å²) < 4.78 is 11.1. The van der Waals surface area contributed by atoms with Crippen molar-refractivity contribution in [1.29, 1.82) is 0 Å². The van der Waals surface area contributed by atoms with E-state index in [0.717, 1.165) is 5.56 Å². The van der Waals surface area contributed by atoms with E-state index in [1.165, 1.54) is 11.7 Å². The molecule has 1 heterocycles. The quantitative estimate of drug-likeness (QED) is 0.589. The number of methoxy groups -OCH3 is 1. The number of oxazole rings is 1. The van der Waals surface area contributed by atoms with E-state index in [0.29, 0.717) is 16.7 Å². The highest BCUT2D eigenvalue weighted by Gasteiger charge is 2.14. The van der Waals surface area contributed by atoms with Gasteiger partial charge < -0.3 is 14.3 Å². The molecular formula is C18H15NO5. The number of para-hydroxylation sites is 1. The Hall–Kier alpha value is -3.28. The van der Waals surface area contributed by atoms with Gasteiger partial charge in [0.05, 0.1) is 12.6 Å². The van der Waals surface area contributed by atoms with Gasteiger partial charge in [0.15, 0.2) is 5.58 Å². The third-order valence-corrected chi connectivity index (χ3v) is 3.59. The Kier molecular flexibility index (Phi) is 4.20. The molecule has 0 aliphatic rings. The Bertz CT molecular complexity index is 963. The second-order valence-electron chi connectivity index (χ2n) is 5.15. The molecule has 3 rings (SSSR count). The largest absolute Gasteiger partial charge is 0.508 e. The number of carbonyl (C=O) groups is 1. The maximum absolute atomic E-state index is 12.0. The second kappa shape index (κ2) is 6.45. The molecule has 0 spiro atoms. The minimum absolute atomic E-state index is 0.195. The van der Waals surface area contributed by atoms with Gasteiger partial charge >= 0.3 is 11.7 Å². The Morgan fingerprint density at radius 2 is 1.96 bits per heavy atom.